The van der Waals surface area contributed by atoms with Crippen LogP contribution in [0.4, 0.5) is 0 Å². The fourth-order valence-corrected chi connectivity index (χ4v) is 9.15. The molecular weight excluding hydrogens is 703 g/mol. The first-order valence-electron chi connectivity index (χ1n) is 18.9. The Morgan fingerprint density at radius 2 is 1.05 bits per heavy atom. The van der Waals surface area contributed by atoms with Gasteiger partial charge in [0.2, 0.25) is 0 Å². The largest absolute Gasteiger partial charge is 0.456 e. The van der Waals surface area contributed by atoms with Gasteiger partial charge in [-0.15, -0.1) is 11.3 Å². The third kappa shape index (κ3) is 5.72. The summed E-state index contributed by atoms with van der Waals surface area (Å²) in [6, 6.07) is 59.8. The lowest BCUT2D eigenvalue weighted by Crippen LogP contribution is -2.25. The molecule has 0 saturated carbocycles. The van der Waals surface area contributed by atoms with Crippen molar-refractivity contribution in [3.05, 3.63) is 186 Å². The highest BCUT2D eigenvalue weighted by Gasteiger charge is 2.21. The first-order valence-corrected chi connectivity index (χ1v) is 19.8. The SMILES string of the molecule is C1=c2oc3cc(-c4cc5sc6ccccc6c5cc4-c4ccccc4)ccc3c2=CCC1c1nc(-c2ccccc2)nc(-c2ccc(-c3ccccc3)cc2)n1. The van der Waals surface area contributed by atoms with Gasteiger partial charge in [-0.3, -0.25) is 0 Å². The lowest BCUT2D eigenvalue weighted by molar-refractivity contribution is 0.568. The summed E-state index contributed by atoms with van der Waals surface area (Å²) in [4.78, 5) is 15.1. The van der Waals surface area contributed by atoms with E-state index < -0.39 is 0 Å². The highest BCUT2D eigenvalue weighted by Crippen LogP contribution is 2.42. The number of fused-ring (bicyclic) bond motifs is 6. The average molecular weight is 736 g/mol. The maximum absolute atomic E-state index is 6.72. The fourth-order valence-electron chi connectivity index (χ4n) is 8.03. The zero-order valence-corrected chi connectivity index (χ0v) is 31.1. The first kappa shape index (κ1) is 32.5. The van der Waals surface area contributed by atoms with Crippen LogP contribution in [0.25, 0.3) is 99.4 Å². The minimum absolute atomic E-state index is 0.0737. The monoisotopic (exact) mass is 735 g/mol. The van der Waals surface area contributed by atoms with Gasteiger partial charge in [0.15, 0.2) is 11.6 Å². The molecule has 0 fully saturated rings. The molecule has 7 aromatic carbocycles. The fraction of sp³-hybridized carbons (Fsp3) is 0.0392. The number of rotatable bonds is 6. The van der Waals surface area contributed by atoms with Crippen molar-refractivity contribution in [1.82, 2.24) is 15.0 Å². The molecule has 264 valence electrons. The maximum Gasteiger partial charge on any atom is 0.163 e. The summed E-state index contributed by atoms with van der Waals surface area (Å²) >= 11 is 1.85. The summed E-state index contributed by atoms with van der Waals surface area (Å²) in [7, 11) is 0. The first-order chi connectivity index (χ1) is 27.7. The van der Waals surface area contributed by atoms with Crippen LogP contribution in [-0.2, 0) is 0 Å². The highest BCUT2D eigenvalue weighted by atomic mass is 32.1. The minimum Gasteiger partial charge on any atom is -0.456 e. The van der Waals surface area contributed by atoms with Gasteiger partial charge in [0.25, 0.3) is 0 Å². The van der Waals surface area contributed by atoms with E-state index >= 15 is 0 Å². The molecule has 10 aromatic rings. The van der Waals surface area contributed by atoms with E-state index in [0.29, 0.717) is 11.6 Å². The number of benzene rings is 7. The van der Waals surface area contributed by atoms with E-state index in [-0.39, 0.29) is 5.92 Å². The van der Waals surface area contributed by atoms with Gasteiger partial charge in [0.1, 0.15) is 16.8 Å². The van der Waals surface area contributed by atoms with Crippen LogP contribution in [0.2, 0.25) is 0 Å². The van der Waals surface area contributed by atoms with Gasteiger partial charge in [0.05, 0.1) is 0 Å². The quantitative estimate of drug-likeness (QED) is 0.171. The molecule has 56 heavy (non-hydrogen) atoms. The van der Waals surface area contributed by atoms with Crippen molar-refractivity contribution in [1.29, 1.82) is 0 Å². The van der Waals surface area contributed by atoms with Crippen molar-refractivity contribution in [2.45, 2.75) is 12.3 Å². The molecule has 0 amide bonds. The molecule has 0 radical (unpaired) electrons. The zero-order chi connectivity index (χ0) is 37.0. The van der Waals surface area contributed by atoms with Gasteiger partial charge in [-0.1, -0.05) is 146 Å². The smallest absolute Gasteiger partial charge is 0.163 e. The summed E-state index contributed by atoms with van der Waals surface area (Å²) in [6.45, 7) is 0. The van der Waals surface area contributed by atoms with E-state index in [1.54, 1.807) is 0 Å². The van der Waals surface area contributed by atoms with Crippen LogP contribution >= 0.6 is 11.3 Å². The lowest BCUT2D eigenvalue weighted by atomic mass is 9.92. The maximum atomic E-state index is 6.72. The van der Waals surface area contributed by atoms with E-state index in [1.807, 2.05) is 35.6 Å². The summed E-state index contributed by atoms with van der Waals surface area (Å²) in [5, 5.41) is 4.83. The van der Waals surface area contributed by atoms with Crippen LogP contribution in [0.1, 0.15) is 18.2 Å². The van der Waals surface area contributed by atoms with Gasteiger partial charge in [-0.2, -0.15) is 0 Å². The average Bonchev–Trinajstić information content (AvgIpc) is 3.83. The van der Waals surface area contributed by atoms with Crippen LogP contribution in [0.3, 0.4) is 0 Å². The Balaban J connectivity index is 1.00. The van der Waals surface area contributed by atoms with Gasteiger partial charge in [0, 0.05) is 47.8 Å². The van der Waals surface area contributed by atoms with E-state index in [1.165, 1.54) is 42.4 Å². The summed E-state index contributed by atoms with van der Waals surface area (Å²) in [5.74, 6) is 1.98. The predicted octanol–water partition coefficient (Wildman–Crippen LogP) is 12.1. The molecular formula is C51H33N3OS. The van der Waals surface area contributed by atoms with E-state index in [2.05, 4.69) is 158 Å². The molecule has 0 saturated heterocycles. The van der Waals surface area contributed by atoms with E-state index in [0.717, 1.165) is 56.1 Å². The van der Waals surface area contributed by atoms with Crippen molar-refractivity contribution >= 4 is 54.6 Å². The van der Waals surface area contributed by atoms with Crippen molar-refractivity contribution in [3.63, 3.8) is 0 Å². The molecule has 3 aromatic heterocycles. The van der Waals surface area contributed by atoms with E-state index in [9.17, 15) is 0 Å². The van der Waals surface area contributed by atoms with Crippen LogP contribution in [0.5, 0.6) is 0 Å². The van der Waals surface area contributed by atoms with Crippen LogP contribution < -0.4 is 10.6 Å². The van der Waals surface area contributed by atoms with Crippen molar-refractivity contribution in [2.75, 3.05) is 0 Å². The Bertz CT molecular complexity index is 3210. The number of hydrogen-bond donors (Lipinski definition) is 0. The summed E-state index contributed by atoms with van der Waals surface area (Å²) < 4.78 is 9.30. The molecule has 1 aliphatic rings. The van der Waals surface area contributed by atoms with Gasteiger partial charge in [-0.25, -0.2) is 15.0 Å². The van der Waals surface area contributed by atoms with Crippen LogP contribution in [0, 0.1) is 0 Å². The van der Waals surface area contributed by atoms with Crippen LogP contribution in [-0.4, -0.2) is 15.0 Å². The topological polar surface area (TPSA) is 51.8 Å². The Morgan fingerprint density at radius 3 is 1.80 bits per heavy atom. The molecule has 3 heterocycles. The van der Waals surface area contributed by atoms with Gasteiger partial charge in [-0.05, 0) is 76.2 Å². The number of nitrogens with zero attached hydrogens (tertiary/aromatic N) is 3. The number of thiophene rings is 1. The predicted molar refractivity (Wildman–Crippen MR) is 232 cm³/mol. The van der Waals surface area contributed by atoms with Crippen LogP contribution in [0.15, 0.2) is 174 Å². The number of aromatic nitrogens is 3. The molecule has 0 bridgehead atoms. The van der Waals surface area contributed by atoms with Gasteiger partial charge >= 0.3 is 0 Å². The Labute approximate surface area is 327 Å². The second kappa shape index (κ2) is 13.4. The number of hydrogen-bond acceptors (Lipinski definition) is 5. The summed E-state index contributed by atoms with van der Waals surface area (Å²) in [6.07, 6.45) is 5.24. The normalized spacial score (nSPS) is 13.8. The molecule has 5 heteroatoms. The zero-order valence-electron chi connectivity index (χ0n) is 30.3. The molecule has 11 rings (SSSR count). The second-order valence-electron chi connectivity index (χ2n) is 14.3. The molecule has 4 nitrogen and oxygen atoms in total. The van der Waals surface area contributed by atoms with E-state index in [4.69, 9.17) is 19.4 Å². The number of furan rings is 1. The highest BCUT2D eigenvalue weighted by molar-refractivity contribution is 7.25. The molecule has 1 atom stereocenters. The molecule has 0 spiro atoms. The van der Waals surface area contributed by atoms with Crippen molar-refractivity contribution in [3.8, 4) is 56.2 Å². The Hall–Kier alpha value is -6.95. The van der Waals surface area contributed by atoms with Crippen molar-refractivity contribution in [2.24, 2.45) is 0 Å². The summed E-state index contributed by atoms with van der Waals surface area (Å²) in [5.41, 5.74) is 10.7. The lowest BCUT2D eigenvalue weighted by Gasteiger charge is -2.14. The molecule has 1 aliphatic carbocycles. The molecule has 1 unspecified atom stereocenters. The van der Waals surface area contributed by atoms with Gasteiger partial charge < -0.3 is 4.42 Å². The Kier molecular flexibility index (Phi) is 7.78. The second-order valence-corrected chi connectivity index (χ2v) is 15.4. The minimum atomic E-state index is -0.0737. The molecule has 0 N–H and O–H groups in total. The standard InChI is InChI=1S/C51H33N3OS/c1-4-12-32(13-5-1)33-20-22-36(23-21-33)50-52-49(35-16-8-3-9-17-35)53-51(54-50)38-25-27-40-39-26-24-37(28-45(39)55-46(40)29-38)43-31-48-44(41-18-10-11-19-47(41)56-48)30-42(43)34-14-6-2-7-15-34/h1-24,26-31,38H,25H2. The van der Waals surface area contributed by atoms with Crippen molar-refractivity contribution < 1.29 is 4.42 Å². The molecule has 0 aliphatic heterocycles. The Morgan fingerprint density at radius 1 is 0.464 bits per heavy atom. The third-order valence-corrected chi connectivity index (χ3v) is 12.0. The third-order valence-electron chi connectivity index (χ3n) is 10.9.